The standard InChI is InChI=1S/C20H21N7OS/c1-26-8-3-4-12(26)10-27-9-7-14-16(11-27)29-20(23-14)25-18(28)13-5-2-6-15-17(13)24-19(21)22-15/h2-6,8H,7,9-11H2,1H3,(H3,21,22,24)(H,23,25,28). The van der Waals surface area contributed by atoms with E-state index in [0.29, 0.717) is 22.2 Å². The third-order valence-corrected chi connectivity index (χ3v) is 6.24. The zero-order valence-corrected chi connectivity index (χ0v) is 16.8. The first-order valence-corrected chi connectivity index (χ1v) is 10.2. The van der Waals surface area contributed by atoms with Crippen LogP contribution in [0.2, 0.25) is 0 Å². The molecular weight excluding hydrogens is 386 g/mol. The number of aryl methyl sites for hydroxylation is 1. The van der Waals surface area contributed by atoms with Crippen LogP contribution in [-0.2, 0) is 26.6 Å². The highest BCUT2D eigenvalue weighted by molar-refractivity contribution is 7.15. The molecule has 0 aliphatic carbocycles. The maximum atomic E-state index is 12.8. The highest BCUT2D eigenvalue weighted by Crippen LogP contribution is 2.29. The number of aromatic amines is 1. The zero-order chi connectivity index (χ0) is 20.0. The Labute approximate surface area is 171 Å². The summed E-state index contributed by atoms with van der Waals surface area (Å²) in [5.74, 6) is 0.0668. The van der Waals surface area contributed by atoms with E-state index >= 15 is 0 Å². The summed E-state index contributed by atoms with van der Waals surface area (Å²) in [6.07, 6.45) is 2.95. The summed E-state index contributed by atoms with van der Waals surface area (Å²) in [5.41, 5.74) is 9.89. The summed E-state index contributed by atoms with van der Waals surface area (Å²) in [7, 11) is 2.07. The number of carbonyl (C=O) groups excluding carboxylic acids is 1. The minimum atomic E-state index is -0.228. The van der Waals surface area contributed by atoms with Crippen LogP contribution in [0.15, 0.2) is 36.5 Å². The van der Waals surface area contributed by atoms with Crippen molar-refractivity contribution < 1.29 is 4.79 Å². The van der Waals surface area contributed by atoms with Gasteiger partial charge in [-0.3, -0.25) is 15.0 Å². The second-order valence-electron chi connectivity index (χ2n) is 7.24. The van der Waals surface area contributed by atoms with E-state index in [-0.39, 0.29) is 5.91 Å². The van der Waals surface area contributed by atoms with Crippen LogP contribution in [0.3, 0.4) is 0 Å². The Bertz CT molecular complexity index is 1200. The number of hydrogen-bond donors (Lipinski definition) is 3. The number of hydrogen-bond acceptors (Lipinski definition) is 6. The molecule has 1 aliphatic heterocycles. The number of anilines is 2. The second kappa shape index (κ2) is 7.02. The normalized spacial score (nSPS) is 14.2. The van der Waals surface area contributed by atoms with Gasteiger partial charge < -0.3 is 15.3 Å². The van der Waals surface area contributed by atoms with Crippen molar-refractivity contribution in [2.45, 2.75) is 19.5 Å². The number of carbonyl (C=O) groups is 1. The van der Waals surface area contributed by atoms with Crippen LogP contribution in [-0.4, -0.2) is 36.9 Å². The van der Waals surface area contributed by atoms with Crippen molar-refractivity contribution in [3.63, 3.8) is 0 Å². The molecule has 1 amide bonds. The number of para-hydroxylation sites is 1. The van der Waals surface area contributed by atoms with Gasteiger partial charge >= 0.3 is 0 Å². The van der Waals surface area contributed by atoms with E-state index in [2.05, 4.69) is 55.1 Å². The minimum absolute atomic E-state index is 0.228. The fourth-order valence-corrected chi connectivity index (χ4v) is 4.77. The highest BCUT2D eigenvalue weighted by atomic mass is 32.1. The van der Waals surface area contributed by atoms with Crippen molar-refractivity contribution in [3.8, 4) is 0 Å². The van der Waals surface area contributed by atoms with Crippen molar-refractivity contribution in [2.24, 2.45) is 7.05 Å². The quantitative estimate of drug-likeness (QED) is 0.482. The monoisotopic (exact) mass is 407 g/mol. The number of nitrogen functional groups attached to an aromatic ring is 1. The molecule has 9 heteroatoms. The van der Waals surface area contributed by atoms with Crippen molar-refractivity contribution in [2.75, 3.05) is 17.6 Å². The predicted molar refractivity (Wildman–Crippen MR) is 114 cm³/mol. The van der Waals surface area contributed by atoms with E-state index in [9.17, 15) is 4.79 Å². The first-order chi connectivity index (χ1) is 14.1. The van der Waals surface area contributed by atoms with Crippen LogP contribution >= 0.6 is 11.3 Å². The minimum Gasteiger partial charge on any atom is -0.369 e. The molecule has 3 aromatic heterocycles. The molecule has 1 aromatic carbocycles. The molecular formula is C20H21N7OS. The van der Waals surface area contributed by atoms with Gasteiger partial charge in [-0.15, -0.1) is 11.3 Å². The van der Waals surface area contributed by atoms with Crippen LogP contribution in [0.1, 0.15) is 26.6 Å². The van der Waals surface area contributed by atoms with E-state index in [1.165, 1.54) is 10.6 Å². The number of H-pyrrole nitrogens is 1. The van der Waals surface area contributed by atoms with Crippen LogP contribution in [0, 0.1) is 0 Å². The largest absolute Gasteiger partial charge is 0.369 e. The fourth-order valence-electron chi connectivity index (χ4n) is 3.73. The number of nitrogens with two attached hydrogens (primary N) is 1. The number of amides is 1. The number of fused-ring (bicyclic) bond motifs is 2. The predicted octanol–water partition coefficient (Wildman–Crippen LogP) is 2.75. The Kier molecular flexibility index (Phi) is 4.33. The second-order valence-corrected chi connectivity index (χ2v) is 8.32. The number of nitrogens with one attached hydrogen (secondary N) is 2. The Morgan fingerprint density at radius 3 is 3.03 bits per heavy atom. The van der Waals surface area contributed by atoms with E-state index in [1.807, 2.05) is 12.1 Å². The van der Waals surface area contributed by atoms with E-state index in [1.54, 1.807) is 17.4 Å². The molecule has 29 heavy (non-hydrogen) atoms. The number of rotatable bonds is 4. The van der Waals surface area contributed by atoms with Crippen molar-refractivity contribution in [1.82, 2.24) is 24.4 Å². The molecule has 0 saturated carbocycles. The lowest BCUT2D eigenvalue weighted by molar-refractivity contribution is 0.102. The molecule has 8 nitrogen and oxygen atoms in total. The Morgan fingerprint density at radius 2 is 2.21 bits per heavy atom. The third-order valence-electron chi connectivity index (χ3n) is 5.24. The van der Waals surface area contributed by atoms with Gasteiger partial charge in [-0.25, -0.2) is 9.97 Å². The molecule has 0 atom stereocenters. The molecule has 5 rings (SSSR count). The molecule has 1 aliphatic rings. The van der Waals surface area contributed by atoms with Gasteiger partial charge in [0, 0.05) is 49.9 Å². The first kappa shape index (κ1) is 17.9. The van der Waals surface area contributed by atoms with Crippen molar-refractivity contribution >= 4 is 39.4 Å². The van der Waals surface area contributed by atoms with E-state index in [4.69, 9.17) is 5.73 Å². The highest BCUT2D eigenvalue weighted by Gasteiger charge is 2.22. The van der Waals surface area contributed by atoms with Crippen LogP contribution in [0.25, 0.3) is 11.0 Å². The van der Waals surface area contributed by atoms with Crippen molar-refractivity contribution in [3.05, 3.63) is 58.4 Å². The molecule has 148 valence electrons. The van der Waals surface area contributed by atoms with Gasteiger partial charge in [0.1, 0.15) is 5.52 Å². The molecule has 4 heterocycles. The Balaban J connectivity index is 1.32. The number of imidazole rings is 1. The third kappa shape index (κ3) is 3.39. The summed E-state index contributed by atoms with van der Waals surface area (Å²) in [6, 6.07) is 9.62. The molecule has 0 bridgehead atoms. The van der Waals surface area contributed by atoms with Gasteiger partial charge in [0.25, 0.3) is 5.91 Å². The summed E-state index contributed by atoms with van der Waals surface area (Å²) in [6.45, 7) is 2.71. The fraction of sp³-hybridized carbons (Fsp3) is 0.250. The van der Waals surface area contributed by atoms with Gasteiger partial charge in [0.05, 0.1) is 16.8 Å². The SMILES string of the molecule is Cn1cccc1CN1CCc2nc(NC(=O)c3cccc4[nH]c(N)nc34)sc2C1. The summed E-state index contributed by atoms with van der Waals surface area (Å²) < 4.78 is 2.15. The first-order valence-electron chi connectivity index (χ1n) is 9.43. The zero-order valence-electron chi connectivity index (χ0n) is 16.0. The maximum Gasteiger partial charge on any atom is 0.259 e. The number of benzene rings is 1. The lowest BCUT2D eigenvalue weighted by Gasteiger charge is -2.25. The van der Waals surface area contributed by atoms with Gasteiger partial charge in [-0.05, 0) is 24.3 Å². The summed E-state index contributed by atoms with van der Waals surface area (Å²) in [5, 5.41) is 3.56. The lowest BCUT2D eigenvalue weighted by Crippen LogP contribution is -2.30. The van der Waals surface area contributed by atoms with E-state index in [0.717, 1.165) is 37.3 Å². The molecule has 4 aromatic rings. The molecule has 0 radical (unpaired) electrons. The van der Waals surface area contributed by atoms with Gasteiger partial charge in [-0.2, -0.15) is 0 Å². The number of thiazole rings is 1. The average Bonchev–Trinajstić information content (AvgIpc) is 3.38. The number of aromatic nitrogens is 4. The summed E-state index contributed by atoms with van der Waals surface area (Å²) >= 11 is 1.55. The molecule has 4 N–H and O–H groups in total. The van der Waals surface area contributed by atoms with Crippen molar-refractivity contribution in [1.29, 1.82) is 0 Å². The molecule has 0 fully saturated rings. The van der Waals surface area contributed by atoms with Gasteiger partial charge in [0.15, 0.2) is 11.1 Å². The van der Waals surface area contributed by atoms with Crippen LogP contribution < -0.4 is 11.1 Å². The van der Waals surface area contributed by atoms with Gasteiger partial charge in [0.2, 0.25) is 0 Å². The Hall–Kier alpha value is -3.17. The smallest absolute Gasteiger partial charge is 0.259 e. The van der Waals surface area contributed by atoms with Gasteiger partial charge in [-0.1, -0.05) is 6.07 Å². The topological polar surface area (TPSA) is 105 Å². The van der Waals surface area contributed by atoms with Crippen LogP contribution in [0.5, 0.6) is 0 Å². The summed E-state index contributed by atoms with van der Waals surface area (Å²) in [4.78, 5) is 28.3. The average molecular weight is 408 g/mol. The Morgan fingerprint density at radius 1 is 1.31 bits per heavy atom. The van der Waals surface area contributed by atoms with E-state index < -0.39 is 0 Å². The molecule has 0 spiro atoms. The molecule has 0 saturated heterocycles. The molecule has 0 unspecified atom stereocenters. The maximum absolute atomic E-state index is 12.8. The lowest BCUT2D eigenvalue weighted by atomic mass is 10.1. The number of nitrogens with zero attached hydrogens (tertiary/aromatic N) is 4. The van der Waals surface area contributed by atoms with Crippen LogP contribution in [0.4, 0.5) is 11.1 Å².